The van der Waals surface area contributed by atoms with E-state index in [1.165, 1.54) is 11.1 Å². The first-order valence-electron chi connectivity index (χ1n) is 12.3. The van der Waals surface area contributed by atoms with Crippen LogP contribution in [0.5, 0.6) is 5.75 Å². The van der Waals surface area contributed by atoms with Gasteiger partial charge in [0.15, 0.2) is 0 Å². The molecule has 0 unspecified atom stereocenters. The summed E-state index contributed by atoms with van der Waals surface area (Å²) in [6.45, 7) is 12.5. The first kappa shape index (κ1) is 24.8. The van der Waals surface area contributed by atoms with Gasteiger partial charge in [0.05, 0.1) is 17.6 Å². The van der Waals surface area contributed by atoms with Gasteiger partial charge in [0.1, 0.15) is 18.2 Å². The molecule has 0 fully saturated rings. The van der Waals surface area contributed by atoms with Crippen molar-refractivity contribution in [3.8, 4) is 5.75 Å². The third-order valence-corrected chi connectivity index (χ3v) is 6.00. The maximum absolute atomic E-state index is 11.7. The third-order valence-electron chi connectivity index (χ3n) is 6.00. The van der Waals surface area contributed by atoms with E-state index in [4.69, 9.17) is 9.72 Å². The fraction of sp³-hybridized carbons (Fsp3) is 0.500. The second-order valence-corrected chi connectivity index (χ2v) is 9.47. The van der Waals surface area contributed by atoms with E-state index < -0.39 is 0 Å². The standard InChI is InChI=1S/C28H39N3O2/c1-20(2)23-15-14-22(5)19-26(23)33-18-17-31-25-12-9-8-11-24(25)30-27(31)13-7-6-10-16-29-28(32)21(3)4/h8-9,11-12,14-15,19-21H,6-7,10,13,16-18H2,1-5H3,(H,29,32). The first-order chi connectivity index (χ1) is 15.9. The maximum atomic E-state index is 11.7. The summed E-state index contributed by atoms with van der Waals surface area (Å²) in [7, 11) is 0. The molecular formula is C28H39N3O2. The van der Waals surface area contributed by atoms with Gasteiger partial charge in [0.2, 0.25) is 5.91 Å². The Labute approximate surface area is 198 Å². The summed E-state index contributed by atoms with van der Waals surface area (Å²) in [6, 6.07) is 14.8. The number of rotatable bonds is 12. The maximum Gasteiger partial charge on any atom is 0.222 e. The van der Waals surface area contributed by atoms with Crippen LogP contribution in [-0.4, -0.2) is 28.6 Å². The van der Waals surface area contributed by atoms with Gasteiger partial charge < -0.3 is 14.6 Å². The highest BCUT2D eigenvalue weighted by Crippen LogP contribution is 2.27. The number of amides is 1. The summed E-state index contributed by atoms with van der Waals surface area (Å²) in [4.78, 5) is 16.6. The number of ether oxygens (including phenoxy) is 1. The normalized spacial score (nSPS) is 11.5. The Kier molecular flexibility index (Phi) is 8.93. The van der Waals surface area contributed by atoms with E-state index >= 15 is 0 Å². The number of carbonyl (C=O) groups excluding carboxylic acids is 1. The number of benzene rings is 2. The Morgan fingerprint density at radius 3 is 2.61 bits per heavy atom. The van der Waals surface area contributed by atoms with Crippen LogP contribution in [0, 0.1) is 12.8 Å². The third kappa shape index (κ3) is 6.83. The fourth-order valence-electron chi connectivity index (χ4n) is 4.06. The number of nitrogens with zero attached hydrogens (tertiary/aromatic N) is 2. The van der Waals surface area contributed by atoms with E-state index in [0.29, 0.717) is 12.5 Å². The molecule has 0 aliphatic heterocycles. The van der Waals surface area contributed by atoms with Gasteiger partial charge in [0.25, 0.3) is 0 Å². The highest BCUT2D eigenvalue weighted by atomic mass is 16.5. The van der Waals surface area contributed by atoms with E-state index in [-0.39, 0.29) is 11.8 Å². The molecule has 0 aliphatic rings. The summed E-state index contributed by atoms with van der Waals surface area (Å²) in [6.07, 6.45) is 4.04. The van der Waals surface area contributed by atoms with Gasteiger partial charge in [-0.15, -0.1) is 0 Å². The summed E-state index contributed by atoms with van der Waals surface area (Å²) >= 11 is 0. The number of unbranched alkanes of at least 4 members (excludes halogenated alkanes) is 2. The number of nitrogens with one attached hydrogen (secondary N) is 1. The van der Waals surface area contributed by atoms with Crippen molar-refractivity contribution in [1.29, 1.82) is 0 Å². The number of hydrogen-bond acceptors (Lipinski definition) is 3. The van der Waals surface area contributed by atoms with Crippen LogP contribution >= 0.6 is 0 Å². The van der Waals surface area contributed by atoms with E-state index in [0.717, 1.165) is 61.4 Å². The highest BCUT2D eigenvalue weighted by Gasteiger charge is 2.12. The lowest BCUT2D eigenvalue weighted by atomic mass is 10.0. The Morgan fingerprint density at radius 2 is 1.85 bits per heavy atom. The largest absolute Gasteiger partial charge is 0.491 e. The lowest BCUT2D eigenvalue weighted by Crippen LogP contribution is -2.28. The van der Waals surface area contributed by atoms with Crippen molar-refractivity contribution in [2.24, 2.45) is 5.92 Å². The van der Waals surface area contributed by atoms with Crippen molar-refractivity contribution in [2.45, 2.75) is 72.8 Å². The zero-order valence-electron chi connectivity index (χ0n) is 20.9. The molecule has 5 heteroatoms. The van der Waals surface area contributed by atoms with Crippen LogP contribution < -0.4 is 10.1 Å². The zero-order chi connectivity index (χ0) is 23.8. The van der Waals surface area contributed by atoms with Crippen LogP contribution in [0.4, 0.5) is 0 Å². The van der Waals surface area contributed by atoms with Crippen molar-refractivity contribution in [1.82, 2.24) is 14.9 Å². The van der Waals surface area contributed by atoms with Gasteiger partial charge >= 0.3 is 0 Å². The van der Waals surface area contributed by atoms with Crippen molar-refractivity contribution in [3.63, 3.8) is 0 Å². The number of para-hydroxylation sites is 2. The van der Waals surface area contributed by atoms with Crippen molar-refractivity contribution < 1.29 is 9.53 Å². The zero-order valence-corrected chi connectivity index (χ0v) is 20.9. The molecule has 3 aromatic rings. The predicted molar refractivity (Wildman–Crippen MR) is 136 cm³/mol. The van der Waals surface area contributed by atoms with Crippen LogP contribution in [-0.2, 0) is 17.8 Å². The Hall–Kier alpha value is -2.82. The van der Waals surface area contributed by atoms with Crippen LogP contribution in [0.15, 0.2) is 42.5 Å². The SMILES string of the molecule is Cc1ccc(C(C)C)c(OCCn2c(CCCCCNC(=O)C(C)C)nc3ccccc32)c1. The average molecular weight is 450 g/mol. The van der Waals surface area contributed by atoms with Crippen LogP contribution in [0.1, 0.15) is 69.8 Å². The van der Waals surface area contributed by atoms with Gasteiger partial charge in [0, 0.05) is 18.9 Å². The molecule has 5 nitrogen and oxygen atoms in total. The molecule has 1 amide bonds. The van der Waals surface area contributed by atoms with Gasteiger partial charge in [-0.1, -0.05) is 58.4 Å². The number of aromatic nitrogens is 2. The number of imidazole rings is 1. The molecule has 0 bridgehead atoms. The molecule has 1 aromatic heterocycles. The van der Waals surface area contributed by atoms with Gasteiger partial charge in [-0.3, -0.25) is 4.79 Å². The molecule has 3 rings (SSSR count). The minimum atomic E-state index is 0.0449. The summed E-state index contributed by atoms with van der Waals surface area (Å²) in [5, 5.41) is 3.00. The van der Waals surface area contributed by atoms with Crippen molar-refractivity contribution in [3.05, 3.63) is 59.4 Å². The molecular weight excluding hydrogens is 410 g/mol. The Balaban J connectivity index is 1.60. The quantitative estimate of drug-likeness (QED) is 0.343. The van der Waals surface area contributed by atoms with Gasteiger partial charge in [-0.25, -0.2) is 4.98 Å². The first-order valence-corrected chi connectivity index (χ1v) is 12.3. The molecule has 0 radical (unpaired) electrons. The number of aryl methyl sites for hydroxylation is 2. The summed E-state index contributed by atoms with van der Waals surface area (Å²) < 4.78 is 8.57. The molecule has 2 aromatic carbocycles. The topological polar surface area (TPSA) is 56.1 Å². The second kappa shape index (κ2) is 11.9. The van der Waals surface area contributed by atoms with Crippen LogP contribution in [0.3, 0.4) is 0 Å². The van der Waals surface area contributed by atoms with E-state index in [9.17, 15) is 4.79 Å². The lowest BCUT2D eigenvalue weighted by molar-refractivity contribution is -0.123. The van der Waals surface area contributed by atoms with Crippen LogP contribution in [0.2, 0.25) is 0 Å². The summed E-state index contributed by atoms with van der Waals surface area (Å²) in [5.41, 5.74) is 4.66. The highest BCUT2D eigenvalue weighted by molar-refractivity contribution is 5.77. The minimum Gasteiger partial charge on any atom is -0.491 e. The summed E-state index contributed by atoms with van der Waals surface area (Å²) in [5.74, 6) is 2.70. The predicted octanol–water partition coefficient (Wildman–Crippen LogP) is 6.03. The molecule has 0 aliphatic carbocycles. The number of hydrogen-bond donors (Lipinski definition) is 1. The molecule has 0 saturated carbocycles. The van der Waals surface area contributed by atoms with Crippen molar-refractivity contribution >= 4 is 16.9 Å². The van der Waals surface area contributed by atoms with E-state index in [1.54, 1.807) is 0 Å². The number of fused-ring (bicyclic) bond motifs is 1. The average Bonchev–Trinajstić information content (AvgIpc) is 3.13. The second-order valence-electron chi connectivity index (χ2n) is 9.47. The molecule has 33 heavy (non-hydrogen) atoms. The fourth-order valence-corrected chi connectivity index (χ4v) is 4.06. The lowest BCUT2D eigenvalue weighted by Gasteiger charge is -2.16. The smallest absolute Gasteiger partial charge is 0.222 e. The van der Waals surface area contributed by atoms with E-state index in [1.807, 2.05) is 19.9 Å². The van der Waals surface area contributed by atoms with Gasteiger partial charge in [-0.2, -0.15) is 0 Å². The molecule has 1 heterocycles. The Bertz CT molecular complexity index is 1050. The molecule has 1 N–H and O–H groups in total. The Morgan fingerprint density at radius 1 is 1.06 bits per heavy atom. The molecule has 0 atom stereocenters. The van der Waals surface area contributed by atoms with Crippen LogP contribution in [0.25, 0.3) is 11.0 Å². The monoisotopic (exact) mass is 449 g/mol. The van der Waals surface area contributed by atoms with Crippen molar-refractivity contribution in [2.75, 3.05) is 13.2 Å². The molecule has 178 valence electrons. The molecule has 0 saturated heterocycles. The number of carbonyl (C=O) groups is 1. The molecule has 0 spiro atoms. The van der Waals surface area contributed by atoms with E-state index in [2.05, 4.69) is 67.1 Å². The van der Waals surface area contributed by atoms with Gasteiger partial charge in [-0.05, 0) is 55.0 Å². The minimum absolute atomic E-state index is 0.0449.